The van der Waals surface area contributed by atoms with Gasteiger partial charge in [0.05, 0.1) is 5.69 Å². The Morgan fingerprint density at radius 2 is 2.08 bits per heavy atom. The summed E-state index contributed by atoms with van der Waals surface area (Å²) < 4.78 is 7.27. The molecule has 0 saturated carbocycles. The van der Waals surface area contributed by atoms with Gasteiger partial charge in [-0.25, -0.2) is 4.68 Å². The summed E-state index contributed by atoms with van der Waals surface area (Å²) in [5, 5.41) is 11.2. The molecule has 1 aromatic carbocycles. The van der Waals surface area contributed by atoms with Crippen LogP contribution < -0.4 is 10.1 Å². The van der Waals surface area contributed by atoms with Crippen molar-refractivity contribution in [2.24, 2.45) is 5.16 Å². The number of amides is 1. The summed E-state index contributed by atoms with van der Waals surface area (Å²) in [4.78, 5) is 16.4. The van der Waals surface area contributed by atoms with Crippen molar-refractivity contribution < 1.29 is 14.4 Å². The second kappa shape index (κ2) is 8.89. The van der Waals surface area contributed by atoms with E-state index in [4.69, 9.17) is 21.2 Å². The van der Waals surface area contributed by atoms with Gasteiger partial charge in [0.25, 0.3) is 5.91 Å². The van der Waals surface area contributed by atoms with Gasteiger partial charge < -0.3 is 14.9 Å². The van der Waals surface area contributed by atoms with Crippen molar-refractivity contribution in [3.8, 4) is 11.6 Å². The number of hydrogen-bond donors (Lipinski definition) is 1. The number of nitrogens with one attached hydrogen (secondary N) is 1. The van der Waals surface area contributed by atoms with Gasteiger partial charge in [-0.15, -0.1) is 5.10 Å². The molecule has 25 heavy (non-hydrogen) atoms. The first-order valence-electron chi connectivity index (χ1n) is 7.50. The van der Waals surface area contributed by atoms with Gasteiger partial charge in [0.2, 0.25) is 5.88 Å². The van der Waals surface area contributed by atoms with Crippen molar-refractivity contribution in [2.75, 3.05) is 20.8 Å². The first-order chi connectivity index (χ1) is 12.0. The first-order valence-corrected chi connectivity index (χ1v) is 7.87. The van der Waals surface area contributed by atoms with Crippen LogP contribution in [0.5, 0.6) is 5.88 Å². The maximum absolute atomic E-state index is 11.7. The van der Waals surface area contributed by atoms with Crippen LogP contribution in [0.25, 0.3) is 5.69 Å². The van der Waals surface area contributed by atoms with Gasteiger partial charge in [0.1, 0.15) is 13.7 Å². The molecule has 2 aromatic rings. The largest absolute Gasteiger partial charge is 0.472 e. The number of aromatic nitrogens is 2. The third kappa shape index (κ3) is 5.09. The summed E-state index contributed by atoms with van der Waals surface area (Å²) in [5.41, 5.74) is 1.71. The number of ether oxygens (including phenoxy) is 1. The molecule has 0 unspecified atom stereocenters. The highest BCUT2D eigenvalue weighted by Gasteiger charge is 2.12. The van der Waals surface area contributed by atoms with E-state index in [0.29, 0.717) is 16.5 Å². The van der Waals surface area contributed by atoms with Crippen molar-refractivity contribution in [3.63, 3.8) is 0 Å². The van der Waals surface area contributed by atoms with Crippen LogP contribution in [0.2, 0.25) is 5.02 Å². The number of nitrogens with zero attached hydrogens (tertiary/aromatic N) is 3. The summed E-state index contributed by atoms with van der Waals surface area (Å²) in [6.07, 6.45) is 3.52. The van der Waals surface area contributed by atoms with Crippen molar-refractivity contribution in [1.82, 2.24) is 15.1 Å². The molecule has 8 heteroatoms. The lowest BCUT2D eigenvalue weighted by Gasteiger charge is -2.05. The van der Waals surface area contributed by atoms with E-state index in [1.807, 2.05) is 12.1 Å². The Hall–Kier alpha value is -2.80. The quantitative estimate of drug-likeness (QED) is 0.606. The van der Waals surface area contributed by atoms with Crippen LogP contribution >= 0.6 is 11.6 Å². The van der Waals surface area contributed by atoms with E-state index in [2.05, 4.69) is 15.6 Å². The lowest BCUT2D eigenvalue weighted by atomic mass is 10.1. The number of oxime groups is 1. The van der Waals surface area contributed by atoms with Crippen LogP contribution in [-0.4, -0.2) is 42.2 Å². The molecule has 1 heterocycles. The topological polar surface area (TPSA) is 77.7 Å². The monoisotopic (exact) mass is 362 g/mol. The van der Waals surface area contributed by atoms with Crippen molar-refractivity contribution in [3.05, 3.63) is 53.2 Å². The lowest BCUT2D eigenvalue weighted by Crippen LogP contribution is -2.28. The van der Waals surface area contributed by atoms with Crippen LogP contribution in [0, 0.1) is 0 Å². The summed E-state index contributed by atoms with van der Waals surface area (Å²) in [5.74, 6) is 0.131. The Kier molecular flexibility index (Phi) is 6.59. The minimum atomic E-state index is -0.331. The van der Waals surface area contributed by atoms with Crippen LogP contribution in [-0.2, 0) is 9.63 Å². The molecule has 0 atom stereocenters. The molecular formula is C17H19ClN4O3. The molecule has 0 radical (unpaired) electrons. The number of carbonyl (C=O) groups excluding carboxylic acids is 1. The fraction of sp³-hybridized carbons (Fsp3) is 0.235. The molecule has 7 nitrogen and oxygen atoms in total. The number of carbonyl (C=O) groups is 1. The molecule has 0 saturated heterocycles. The normalized spacial score (nSPS) is 12.0. The van der Waals surface area contributed by atoms with Crippen molar-refractivity contribution in [1.29, 1.82) is 0 Å². The minimum absolute atomic E-state index is 0.195. The highest BCUT2D eigenvalue weighted by atomic mass is 35.5. The lowest BCUT2D eigenvalue weighted by molar-refractivity contribution is -0.114. The molecule has 132 valence electrons. The Bertz CT molecular complexity index is 781. The zero-order valence-corrected chi connectivity index (χ0v) is 14.9. The smallest absolute Gasteiger partial charge is 0.273 e. The zero-order valence-electron chi connectivity index (χ0n) is 14.2. The van der Waals surface area contributed by atoms with E-state index in [-0.39, 0.29) is 18.2 Å². The average molecular weight is 363 g/mol. The second-order valence-electron chi connectivity index (χ2n) is 4.97. The molecular weight excluding hydrogens is 344 g/mol. The van der Waals surface area contributed by atoms with Crippen LogP contribution in [0.15, 0.2) is 53.3 Å². The fourth-order valence-electron chi connectivity index (χ4n) is 1.97. The van der Waals surface area contributed by atoms with E-state index in [1.54, 1.807) is 42.1 Å². The molecule has 1 amide bonds. The molecule has 2 rings (SSSR count). The summed E-state index contributed by atoms with van der Waals surface area (Å²) >= 11 is 5.88. The van der Waals surface area contributed by atoms with Crippen LogP contribution in [0.3, 0.4) is 0 Å². The second-order valence-corrected chi connectivity index (χ2v) is 5.41. The van der Waals surface area contributed by atoms with Gasteiger partial charge in [0.15, 0.2) is 5.71 Å². The molecule has 0 aliphatic carbocycles. The predicted octanol–water partition coefficient (Wildman–Crippen LogP) is 2.60. The van der Waals surface area contributed by atoms with E-state index in [0.717, 1.165) is 5.69 Å². The van der Waals surface area contributed by atoms with Crippen LogP contribution in [0.4, 0.5) is 0 Å². The maximum atomic E-state index is 11.7. The summed E-state index contributed by atoms with van der Waals surface area (Å²) in [6.45, 7) is 1.99. The van der Waals surface area contributed by atoms with Gasteiger partial charge in [-0.2, -0.15) is 0 Å². The predicted molar refractivity (Wildman–Crippen MR) is 96.3 cm³/mol. The van der Waals surface area contributed by atoms with E-state index < -0.39 is 0 Å². The SMILES string of the molecule is CNC(=O)C(=N/OC)/C(C)=C/COc1ccn(-c2ccc(Cl)cc2)n1. The van der Waals surface area contributed by atoms with Gasteiger partial charge in [-0.05, 0) is 42.8 Å². The Morgan fingerprint density at radius 1 is 1.36 bits per heavy atom. The molecule has 0 aliphatic heterocycles. The van der Waals surface area contributed by atoms with Gasteiger partial charge in [-0.3, -0.25) is 4.79 Å². The Labute approximate surface area is 150 Å². The Morgan fingerprint density at radius 3 is 2.72 bits per heavy atom. The van der Waals surface area contributed by atoms with E-state index in [1.165, 1.54) is 14.2 Å². The first kappa shape index (κ1) is 18.5. The highest BCUT2D eigenvalue weighted by molar-refractivity contribution is 6.44. The molecule has 1 N–H and O–H groups in total. The minimum Gasteiger partial charge on any atom is -0.472 e. The fourth-order valence-corrected chi connectivity index (χ4v) is 2.10. The summed E-state index contributed by atoms with van der Waals surface area (Å²) in [7, 11) is 2.91. The molecule has 0 fully saturated rings. The molecule has 1 aromatic heterocycles. The number of benzene rings is 1. The average Bonchev–Trinajstić information content (AvgIpc) is 3.08. The molecule has 0 spiro atoms. The van der Waals surface area contributed by atoms with E-state index >= 15 is 0 Å². The zero-order chi connectivity index (χ0) is 18.2. The summed E-state index contributed by atoms with van der Waals surface area (Å²) in [6, 6.07) is 9.06. The third-order valence-electron chi connectivity index (χ3n) is 3.27. The number of halogens is 1. The van der Waals surface area contributed by atoms with E-state index in [9.17, 15) is 4.79 Å². The van der Waals surface area contributed by atoms with Crippen molar-refractivity contribution in [2.45, 2.75) is 6.92 Å². The van der Waals surface area contributed by atoms with Gasteiger partial charge >= 0.3 is 0 Å². The highest BCUT2D eigenvalue weighted by Crippen LogP contribution is 2.15. The standard InChI is InChI=1S/C17H19ClN4O3/c1-12(16(21-24-3)17(23)19-2)9-11-25-15-8-10-22(20-15)14-6-4-13(18)5-7-14/h4-10H,11H2,1-3H3,(H,19,23)/b12-9+,21-16+. The third-order valence-corrected chi connectivity index (χ3v) is 3.53. The molecule has 0 bridgehead atoms. The van der Waals surface area contributed by atoms with Crippen molar-refractivity contribution >= 4 is 23.2 Å². The molecule has 0 aliphatic rings. The van der Waals surface area contributed by atoms with Gasteiger partial charge in [0, 0.05) is 24.3 Å². The van der Waals surface area contributed by atoms with Gasteiger partial charge in [-0.1, -0.05) is 16.8 Å². The van der Waals surface area contributed by atoms with Crippen LogP contribution in [0.1, 0.15) is 6.92 Å². The number of rotatable bonds is 7. The Balaban J connectivity index is 2.00. The maximum Gasteiger partial charge on any atom is 0.273 e. The number of hydrogen-bond acceptors (Lipinski definition) is 5.